The van der Waals surface area contributed by atoms with Gasteiger partial charge in [-0.25, -0.2) is 0 Å². The Morgan fingerprint density at radius 3 is 2.48 bits per heavy atom. The summed E-state index contributed by atoms with van der Waals surface area (Å²) in [7, 11) is 0. The van der Waals surface area contributed by atoms with E-state index in [4.69, 9.17) is 4.52 Å². The molecule has 2 aliphatic rings. The highest BCUT2D eigenvalue weighted by Crippen LogP contribution is 2.49. The lowest BCUT2D eigenvalue weighted by Crippen LogP contribution is -2.35. The molecule has 0 radical (unpaired) electrons. The maximum Gasteiger partial charge on any atom is 0.573 e. The van der Waals surface area contributed by atoms with Gasteiger partial charge in [0, 0.05) is 31.2 Å². The van der Waals surface area contributed by atoms with E-state index < -0.39 is 6.36 Å². The smallest absolute Gasteiger partial charge is 0.405 e. The molecule has 1 saturated carbocycles. The normalized spacial score (nSPS) is 18.7. The van der Waals surface area contributed by atoms with E-state index >= 15 is 0 Å². The maximum atomic E-state index is 12.8. The Morgan fingerprint density at radius 1 is 1.15 bits per heavy atom. The van der Waals surface area contributed by atoms with Crippen molar-refractivity contribution in [3.63, 3.8) is 0 Å². The zero-order chi connectivity index (χ0) is 19.0. The molecule has 2 aromatic rings. The molecule has 0 unspecified atom stereocenters. The second-order valence-corrected chi connectivity index (χ2v) is 7.18. The van der Waals surface area contributed by atoms with Crippen LogP contribution in [0.4, 0.5) is 18.9 Å². The van der Waals surface area contributed by atoms with Crippen LogP contribution in [-0.2, 0) is 0 Å². The Balaban J connectivity index is 1.72. The molecule has 2 heterocycles. The number of piperidine rings is 1. The summed E-state index contributed by atoms with van der Waals surface area (Å²) in [4.78, 5) is 2.12. The Kier molecular flexibility index (Phi) is 4.75. The molecule has 1 saturated heterocycles. The summed E-state index contributed by atoms with van der Waals surface area (Å²) in [5.41, 5.74) is 1.43. The number of benzene rings is 1. The second-order valence-electron chi connectivity index (χ2n) is 7.18. The first-order valence-corrected chi connectivity index (χ1v) is 9.17. The number of rotatable bonds is 5. The van der Waals surface area contributed by atoms with Crippen molar-refractivity contribution in [2.75, 3.05) is 24.6 Å². The summed E-state index contributed by atoms with van der Waals surface area (Å²) in [5.74, 6) is 0.990. The van der Waals surface area contributed by atoms with Gasteiger partial charge < -0.3 is 19.3 Å². The van der Waals surface area contributed by atoms with Gasteiger partial charge in [-0.1, -0.05) is 17.3 Å². The summed E-state index contributed by atoms with van der Waals surface area (Å²) < 4.78 is 48.3. The number of alkyl halides is 3. The summed E-state index contributed by atoms with van der Waals surface area (Å²) in [6.07, 6.45) is -1.14. The van der Waals surface area contributed by atoms with E-state index in [0.717, 1.165) is 37.1 Å². The molecule has 0 bridgehead atoms. The second kappa shape index (κ2) is 7.07. The number of aliphatic hydroxyl groups is 1. The topological polar surface area (TPSA) is 58.7 Å². The molecule has 1 N–H and O–H groups in total. The van der Waals surface area contributed by atoms with Crippen LogP contribution in [-0.4, -0.2) is 36.3 Å². The number of aromatic nitrogens is 1. The molecule has 146 valence electrons. The Labute approximate surface area is 154 Å². The first-order valence-electron chi connectivity index (χ1n) is 9.17. The molecule has 1 aliphatic heterocycles. The van der Waals surface area contributed by atoms with Crippen LogP contribution in [0, 0.1) is 5.92 Å². The number of halogens is 3. The number of ether oxygens (including phenoxy) is 1. The maximum absolute atomic E-state index is 12.8. The summed E-state index contributed by atoms with van der Waals surface area (Å²) in [6, 6.07) is 6.01. The summed E-state index contributed by atoms with van der Waals surface area (Å²) >= 11 is 0. The van der Waals surface area contributed by atoms with Crippen LogP contribution in [0.1, 0.15) is 37.4 Å². The Morgan fingerprint density at radius 2 is 1.85 bits per heavy atom. The van der Waals surface area contributed by atoms with Crippen molar-refractivity contribution in [3.05, 3.63) is 30.0 Å². The van der Waals surface area contributed by atoms with Crippen molar-refractivity contribution in [1.29, 1.82) is 0 Å². The molecule has 27 heavy (non-hydrogen) atoms. The monoisotopic (exact) mass is 382 g/mol. The van der Waals surface area contributed by atoms with Crippen molar-refractivity contribution < 1.29 is 27.5 Å². The molecule has 1 aromatic heterocycles. The van der Waals surface area contributed by atoms with E-state index in [0.29, 0.717) is 18.8 Å². The highest BCUT2D eigenvalue weighted by Gasteiger charge is 2.37. The lowest BCUT2D eigenvalue weighted by Gasteiger charge is -2.33. The average molecular weight is 382 g/mol. The number of anilines is 1. The lowest BCUT2D eigenvalue weighted by atomic mass is 9.96. The minimum Gasteiger partial charge on any atom is -0.405 e. The quantitative estimate of drug-likeness (QED) is 0.834. The first kappa shape index (κ1) is 18.2. The SMILES string of the molecule is OCC1CCN(c2c(-c3ccccc3OC(F)(F)F)noc2C2CC2)CC1. The van der Waals surface area contributed by atoms with Gasteiger partial charge in [-0.15, -0.1) is 13.2 Å². The lowest BCUT2D eigenvalue weighted by molar-refractivity contribution is -0.274. The zero-order valence-electron chi connectivity index (χ0n) is 14.7. The van der Waals surface area contributed by atoms with Crippen LogP contribution in [0.25, 0.3) is 11.3 Å². The molecule has 0 spiro atoms. The van der Waals surface area contributed by atoms with Gasteiger partial charge in [-0.05, 0) is 43.7 Å². The van der Waals surface area contributed by atoms with Crippen LogP contribution in [0.3, 0.4) is 0 Å². The highest BCUT2D eigenvalue weighted by molar-refractivity contribution is 5.80. The van der Waals surface area contributed by atoms with E-state index in [-0.39, 0.29) is 29.8 Å². The van der Waals surface area contributed by atoms with Crippen LogP contribution >= 0.6 is 0 Å². The Bertz CT molecular complexity index is 794. The van der Waals surface area contributed by atoms with Crippen LogP contribution in [0.5, 0.6) is 5.75 Å². The summed E-state index contributed by atoms with van der Waals surface area (Å²) in [6.45, 7) is 1.57. The fourth-order valence-electron chi connectivity index (χ4n) is 3.61. The predicted molar refractivity (Wildman–Crippen MR) is 92.6 cm³/mol. The van der Waals surface area contributed by atoms with Crippen molar-refractivity contribution in [1.82, 2.24) is 5.16 Å². The van der Waals surface area contributed by atoms with Gasteiger partial charge in [-0.3, -0.25) is 0 Å². The number of aliphatic hydroxyl groups excluding tert-OH is 1. The van der Waals surface area contributed by atoms with Crippen molar-refractivity contribution in [2.24, 2.45) is 5.92 Å². The van der Waals surface area contributed by atoms with Crippen molar-refractivity contribution >= 4 is 5.69 Å². The molecule has 5 nitrogen and oxygen atoms in total. The van der Waals surface area contributed by atoms with Gasteiger partial charge in [0.15, 0.2) is 5.76 Å². The third-order valence-electron chi connectivity index (χ3n) is 5.20. The van der Waals surface area contributed by atoms with Crippen molar-refractivity contribution in [2.45, 2.75) is 38.0 Å². The van der Waals surface area contributed by atoms with Gasteiger partial charge in [0.25, 0.3) is 0 Å². The molecule has 1 aromatic carbocycles. The van der Waals surface area contributed by atoms with Gasteiger partial charge >= 0.3 is 6.36 Å². The van der Waals surface area contributed by atoms with Gasteiger partial charge in [0.1, 0.15) is 17.1 Å². The fraction of sp³-hybridized carbons (Fsp3) is 0.526. The largest absolute Gasteiger partial charge is 0.573 e. The van der Waals surface area contributed by atoms with Gasteiger partial charge in [0.05, 0.1) is 0 Å². The third-order valence-corrected chi connectivity index (χ3v) is 5.20. The average Bonchev–Trinajstić information content (AvgIpc) is 3.40. The van der Waals surface area contributed by atoms with E-state index in [2.05, 4.69) is 14.8 Å². The highest BCUT2D eigenvalue weighted by atomic mass is 19.4. The van der Waals surface area contributed by atoms with Crippen LogP contribution < -0.4 is 9.64 Å². The minimum absolute atomic E-state index is 0.155. The third kappa shape index (κ3) is 3.90. The zero-order valence-corrected chi connectivity index (χ0v) is 14.7. The Hall–Kier alpha value is -2.22. The van der Waals surface area contributed by atoms with Gasteiger partial charge in [0.2, 0.25) is 0 Å². The molecule has 1 aliphatic carbocycles. The molecule has 8 heteroatoms. The van der Waals surface area contributed by atoms with E-state index in [9.17, 15) is 18.3 Å². The summed E-state index contributed by atoms with van der Waals surface area (Å²) in [5, 5.41) is 13.5. The van der Waals surface area contributed by atoms with Crippen molar-refractivity contribution in [3.8, 4) is 17.0 Å². The first-order chi connectivity index (χ1) is 13.0. The van der Waals surface area contributed by atoms with E-state index in [1.54, 1.807) is 12.1 Å². The van der Waals surface area contributed by atoms with E-state index in [1.807, 2.05) is 0 Å². The van der Waals surface area contributed by atoms with Crippen LogP contribution in [0.15, 0.2) is 28.8 Å². The minimum atomic E-state index is -4.78. The fourth-order valence-corrected chi connectivity index (χ4v) is 3.61. The molecule has 2 fully saturated rings. The van der Waals surface area contributed by atoms with E-state index in [1.165, 1.54) is 12.1 Å². The molecule has 0 atom stereocenters. The number of hydrogen-bond donors (Lipinski definition) is 1. The molecule has 4 rings (SSSR count). The number of para-hydroxylation sites is 1. The number of hydrogen-bond acceptors (Lipinski definition) is 5. The van der Waals surface area contributed by atoms with Crippen LogP contribution in [0.2, 0.25) is 0 Å². The van der Waals surface area contributed by atoms with Gasteiger partial charge in [-0.2, -0.15) is 0 Å². The molecular weight excluding hydrogens is 361 g/mol. The molecule has 0 amide bonds. The number of nitrogens with zero attached hydrogens (tertiary/aromatic N) is 2. The molecular formula is C19H21F3N2O3. The predicted octanol–water partition coefficient (Wildman–Crippen LogP) is 4.33. The standard InChI is InChI=1S/C19H21F3N2O3/c20-19(21,22)26-15-4-2-1-3-14(15)16-17(18(27-23-16)13-5-6-13)24-9-7-12(11-25)8-10-24/h1-4,12-13,25H,5-11H2.